The minimum absolute atomic E-state index is 0.716. The van der Waals surface area contributed by atoms with Gasteiger partial charge in [0.25, 0.3) is 0 Å². The van der Waals surface area contributed by atoms with Gasteiger partial charge < -0.3 is 0 Å². The van der Waals surface area contributed by atoms with E-state index in [9.17, 15) is 0 Å². The van der Waals surface area contributed by atoms with E-state index in [0.29, 0.717) is 4.83 Å². The minimum atomic E-state index is 0.716. The molecular weight excluding hydrogens is 212 g/mol. The second-order valence-electron chi connectivity index (χ2n) is 3.69. The normalized spacial score (nSPS) is 13.2. The number of alkyl halides is 1. The third-order valence-electron chi connectivity index (χ3n) is 2.21. The van der Waals surface area contributed by atoms with Crippen LogP contribution in [0.2, 0.25) is 0 Å². The van der Waals surface area contributed by atoms with Crippen molar-refractivity contribution in [3.05, 3.63) is 0 Å². The van der Waals surface area contributed by atoms with Crippen LogP contribution in [0.15, 0.2) is 0 Å². The lowest BCUT2D eigenvalue weighted by Gasteiger charge is -2.02. The van der Waals surface area contributed by atoms with Crippen molar-refractivity contribution in [1.29, 1.82) is 0 Å². The summed E-state index contributed by atoms with van der Waals surface area (Å²) in [6, 6.07) is 0. The molecule has 0 fully saturated rings. The molecule has 0 aromatic rings. The molecular formula is C11H23Br. The quantitative estimate of drug-likeness (QED) is 0.414. The number of unbranched alkanes of at least 4 members (excludes halogenated alkanes) is 6. The molecule has 0 aliphatic heterocycles. The van der Waals surface area contributed by atoms with Crippen LogP contribution in [0.1, 0.15) is 65.2 Å². The van der Waals surface area contributed by atoms with Crippen molar-refractivity contribution in [2.45, 2.75) is 70.0 Å². The first-order chi connectivity index (χ1) is 5.77. The molecule has 0 aliphatic rings. The van der Waals surface area contributed by atoms with E-state index >= 15 is 0 Å². The average Bonchev–Trinajstić information content (AvgIpc) is 2.02. The fraction of sp³-hybridized carbons (Fsp3) is 1.00. The monoisotopic (exact) mass is 234 g/mol. The molecule has 0 bridgehead atoms. The van der Waals surface area contributed by atoms with Crippen molar-refractivity contribution in [2.75, 3.05) is 0 Å². The van der Waals surface area contributed by atoms with E-state index in [0.717, 1.165) is 0 Å². The maximum absolute atomic E-state index is 3.57. The van der Waals surface area contributed by atoms with Crippen molar-refractivity contribution in [2.24, 2.45) is 0 Å². The highest BCUT2D eigenvalue weighted by Gasteiger charge is 1.95. The molecule has 0 heterocycles. The molecule has 0 radical (unpaired) electrons. The van der Waals surface area contributed by atoms with E-state index in [-0.39, 0.29) is 0 Å². The summed E-state index contributed by atoms with van der Waals surface area (Å²) in [5, 5.41) is 0. The maximum Gasteiger partial charge on any atom is 0.0117 e. The van der Waals surface area contributed by atoms with E-state index in [4.69, 9.17) is 0 Å². The highest BCUT2D eigenvalue weighted by atomic mass is 79.9. The summed E-state index contributed by atoms with van der Waals surface area (Å²) in [6.07, 6.45) is 11.3. The molecule has 1 heteroatoms. The Bertz CT molecular complexity index is 79.1. The van der Waals surface area contributed by atoms with Crippen molar-refractivity contribution >= 4 is 15.9 Å². The smallest absolute Gasteiger partial charge is 0.0117 e. The lowest BCUT2D eigenvalue weighted by atomic mass is 10.1. The summed E-state index contributed by atoms with van der Waals surface area (Å²) in [5.74, 6) is 0. The standard InChI is InChI=1S/C11H23Br/c1-3-4-5-6-7-8-9-10-11(2)12/h11H,3-10H2,1-2H3/t11-/m1/s1. The predicted octanol–water partition coefficient (Wildman–Crippen LogP) is 4.91. The van der Waals surface area contributed by atoms with Gasteiger partial charge in [-0.3, -0.25) is 0 Å². The molecule has 0 rings (SSSR count). The molecule has 0 spiro atoms. The molecule has 0 aromatic heterocycles. The maximum atomic E-state index is 3.57. The van der Waals surface area contributed by atoms with Crippen LogP contribution in [0.25, 0.3) is 0 Å². The summed E-state index contributed by atoms with van der Waals surface area (Å²) in [5.41, 5.74) is 0. The van der Waals surface area contributed by atoms with Crippen LogP contribution in [-0.4, -0.2) is 4.83 Å². The fourth-order valence-electron chi connectivity index (χ4n) is 1.38. The lowest BCUT2D eigenvalue weighted by molar-refractivity contribution is 0.576. The fourth-order valence-corrected chi connectivity index (χ4v) is 1.71. The van der Waals surface area contributed by atoms with Gasteiger partial charge in [0, 0.05) is 4.83 Å². The molecule has 0 saturated heterocycles. The molecule has 0 saturated carbocycles. The zero-order chi connectivity index (χ0) is 9.23. The molecule has 74 valence electrons. The summed E-state index contributed by atoms with van der Waals surface area (Å²) in [7, 11) is 0. The Balaban J connectivity index is 2.82. The van der Waals surface area contributed by atoms with E-state index in [2.05, 4.69) is 29.8 Å². The van der Waals surface area contributed by atoms with Crippen LogP contribution in [0.3, 0.4) is 0 Å². The van der Waals surface area contributed by atoms with Crippen molar-refractivity contribution in [3.63, 3.8) is 0 Å². The molecule has 1 atom stereocenters. The zero-order valence-corrected chi connectivity index (χ0v) is 10.2. The first kappa shape index (κ1) is 12.5. The molecule has 0 aliphatic carbocycles. The third kappa shape index (κ3) is 10.5. The Kier molecular flexibility index (Phi) is 9.95. The van der Waals surface area contributed by atoms with E-state index in [1.807, 2.05) is 0 Å². The zero-order valence-electron chi connectivity index (χ0n) is 8.61. The Morgan fingerprint density at radius 1 is 0.917 bits per heavy atom. The van der Waals surface area contributed by atoms with Gasteiger partial charge in [-0.15, -0.1) is 0 Å². The second-order valence-corrected chi connectivity index (χ2v) is 5.25. The molecule has 0 amide bonds. The molecule has 0 nitrogen and oxygen atoms in total. The number of rotatable bonds is 8. The minimum Gasteiger partial charge on any atom is -0.0894 e. The highest BCUT2D eigenvalue weighted by molar-refractivity contribution is 9.09. The number of halogens is 1. The van der Waals surface area contributed by atoms with Gasteiger partial charge in [0.15, 0.2) is 0 Å². The van der Waals surface area contributed by atoms with Gasteiger partial charge in [-0.2, -0.15) is 0 Å². The average molecular weight is 235 g/mol. The van der Waals surface area contributed by atoms with Crippen LogP contribution < -0.4 is 0 Å². The summed E-state index contributed by atoms with van der Waals surface area (Å²) < 4.78 is 0. The Morgan fingerprint density at radius 3 is 1.92 bits per heavy atom. The van der Waals surface area contributed by atoms with E-state index in [1.54, 1.807) is 0 Å². The van der Waals surface area contributed by atoms with E-state index in [1.165, 1.54) is 51.4 Å². The molecule has 0 N–H and O–H groups in total. The first-order valence-corrected chi connectivity index (χ1v) is 6.33. The summed E-state index contributed by atoms with van der Waals surface area (Å²) in [4.78, 5) is 0.716. The number of hydrogen-bond donors (Lipinski definition) is 0. The first-order valence-electron chi connectivity index (χ1n) is 5.41. The lowest BCUT2D eigenvalue weighted by Crippen LogP contribution is -1.89. The van der Waals surface area contributed by atoms with Crippen LogP contribution in [0, 0.1) is 0 Å². The predicted molar refractivity (Wildman–Crippen MR) is 61.0 cm³/mol. The molecule has 0 unspecified atom stereocenters. The van der Waals surface area contributed by atoms with Crippen LogP contribution in [0.5, 0.6) is 0 Å². The van der Waals surface area contributed by atoms with Crippen LogP contribution in [-0.2, 0) is 0 Å². The second kappa shape index (κ2) is 9.57. The van der Waals surface area contributed by atoms with Gasteiger partial charge in [0.2, 0.25) is 0 Å². The SMILES string of the molecule is CCCCCCCCC[C@@H](C)Br. The van der Waals surface area contributed by atoms with E-state index < -0.39 is 0 Å². The van der Waals surface area contributed by atoms with Crippen molar-refractivity contribution in [1.82, 2.24) is 0 Å². The topological polar surface area (TPSA) is 0 Å². The Hall–Kier alpha value is 0.480. The van der Waals surface area contributed by atoms with Gasteiger partial charge in [0.1, 0.15) is 0 Å². The van der Waals surface area contributed by atoms with Crippen molar-refractivity contribution in [3.8, 4) is 0 Å². The summed E-state index contributed by atoms with van der Waals surface area (Å²) >= 11 is 3.57. The largest absolute Gasteiger partial charge is 0.0894 e. The van der Waals surface area contributed by atoms with Crippen LogP contribution >= 0.6 is 15.9 Å². The van der Waals surface area contributed by atoms with Gasteiger partial charge in [-0.25, -0.2) is 0 Å². The Labute approximate surface area is 86.3 Å². The van der Waals surface area contributed by atoms with Crippen molar-refractivity contribution < 1.29 is 0 Å². The van der Waals surface area contributed by atoms with Gasteiger partial charge in [0.05, 0.1) is 0 Å². The van der Waals surface area contributed by atoms with Gasteiger partial charge in [-0.05, 0) is 6.42 Å². The third-order valence-corrected chi connectivity index (χ3v) is 2.66. The molecule has 12 heavy (non-hydrogen) atoms. The summed E-state index contributed by atoms with van der Waals surface area (Å²) in [6.45, 7) is 4.50. The van der Waals surface area contributed by atoms with Gasteiger partial charge >= 0.3 is 0 Å². The molecule has 0 aromatic carbocycles. The Morgan fingerprint density at radius 2 is 1.42 bits per heavy atom. The highest BCUT2D eigenvalue weighted by Crippen LogP contribution is 2.12. The van der Waals surface area contributed by atoms with Crippen LogP contribution in [0.4, 0.5) is 0 Å². The van der Waals surface area contributed by atoms with Gasteiger partial charge in [-0.1, -0.05) is 74.7 Å². The number of hydrogen-bond acceptors (Lipinski definition) is 0.